The molecule has 0 saturated heterocycles. The van der Waals surface area contributed by atoms with Crippen LogP contribution in [0.5, 0.6) is 0 Å². The Balaban J connectivity index is 2.17. The third kappa shape index (κ3) is 4.70. The summed E-state index contributed by atoms with van der Waals surface area (Å²) in [5, 5.41) is 0. The molecule has 0 atom stereocenters. The molecule has 1 heterocycles. The van der Waals surface area contributed by atoms with Gasteiger partial charge in [0, 0.05) is 24.0 Å². The van der Waals surface area contributed by atoms with Crippen LogP contribution < -0.4 is 0 Å². The fraction of sp³-hybridized carbons (Fsp3) is 0.250. The lowest BCUT2D eigenvalue weighted by Gasteiger charge is -2.07. The second-order valence-electron chi connectivity index (χ2n) is 5.09. The Morgan fingerprint density at radius 1 is 1.35 bits per heavy atom. The number of alkyl halides is 3. The van der Waals surface area contributed by atoms with Crippen molar-refractivity contribution in [2.45, 2.75) is 26.1 Å². The van der Waals surface area contributed by atoms with Crippen LogP contribution in [0.3, 0.4) is 0 Å². The van der Waals surface area contributed by atoms with Crippen LogP contribution in [0.15, 0.2) is 42.9 Å². The van der Waals surface area contributed by atoms with Crippen molar-refractivity contribution in [1.29, 1.82) is 0 Å². The molecule has 0 spiro atoms. The van der Waals surface area contributed by atoms with Crippen LogP contribution in [0.4, 0.5) is 13.2 Å². The third-order valence-electron chi connectivity index (χ3n) is 2.82. The predicted octanol–water partition coefficient (Wildman–Crippen LogP) is 3.99. The van der Waals surface area contributed by atoms with Gasteiger partial charge in [0.15, 0.2) is 0 Å². The summed E-state index contributed by atoms with van der Waals surface area (Å²) >= 11 is 0. The first-order valence-corrected chi connectivity index (χ1v) is 6.85. The van der Waals surface area contributed by atoms with Crippen LogP contribution in [0.1, 0.15) is 19.4 Å². The Kier molecular flexibility index (Phi) is 4.88. The highest BCUT2D eigenvalue weighted by Crippen LogP contribution is 2.31. The van der Waals surface area contributed by atoms with E-state index in [0.717, 1.165) is 12.1 Å². The molecule has 0 amide bonds. The standard InChI is InChI=1S/C16H15F3N2O2/c1-11(2)23-15(22)6-7-21-9-14(20-10-21)12-4-3-5-13(8-12)16(17,18)19/h3-11H,1-2H3/b7-6-. The van der Waals surface area contributed by atoms with E-state index in [2.05, 4.69) is 4.98 Å². The lowest BCUT2D eigenvalue weighted by molar-refractivity contribution is -0.141. The molecule has 0 N–H and O–H groups in total. The maximum Gasteiger partial charge on any atom is 0.416 e. The first-order valence-electron chi connectivity index (χ1n) is 6.85. The molecular formula is C16H15F3N2O2. The summed E-state index contributed by atoms with van der Waals surface area (Å²) in [4.78, 5) is 15.4. The second-order valence-corrected chi connectivity index (χ2v) is 5.09. The number of benzene rings is 1. The van der Waals surface area contributed by atoms with E-state index in [4.69, 9.17) is 4.74 Å². The Bertz CT molecular complexity index is 718. The molecule has 122 valence electrons. The van der Waals surface area contributed by atoms with Crippen molar-refractivity contribution in [3.63, 3.8) is 0 Å². The molecule has 0 bridgehead atoms. The van der Waals surface area contributed by atoms with Gasteiger partial charge in [-0.3, -0.25) is 0 Å². The maximum atomic E-state index is 12.7. The Morgan fingerprint density at radius 2 is 2.09 bits per heavy atom. The summed E-state index contributed by atoms with van der Waals surface area (Å²) in [5.74, 6) is -0.505. The fourth-order valence-corrected chi connectivity index (χ4v) is 1.84. The number of carbonyl (C=O) groups excluding carboxylic acids is 1. The molecular weight excluding hydrogens is 309 g/mol. The van der Waals surface area contributed by atoms with Gasteiger partial charge >= 0.3 is 12.1 Å². The summed E-state index contributed by atoms with van der Waals surface area (Å²) < 4.78 is 44.5. The summed E-state index contributed by atoms with van der Waals surface area (Å²) in [5.41, 5.74) is -0.0182. The number of aromatic nitrogens is 2. The Labute approximate surface area is 131 Å². The van der Waals surface area contributed by atoms with E-state index in [1.807, 2.05) is 0 Å². The molecule has 7 heteroatoms. The van der Waals surface area contributed by atoms with Crippen LogP contribution in [0.25, 0.3) is 17.5 Å². The first-order chi connectivity index (χ1) is 10.8. The maximum absolute atomic E-state index is 12.7. The van der Waals surface area contributed by atoms with E-state index in [0.29, 0.717) is 11.3 Å². The molecule has 0 fully saturated rings. The largest absolute Gasteiger partial charge is 0.460 e. The average Bonchev–Trinajstić information content (AvgIpc) is 2.92. The number of ether oxygens (including phenoxy) is 1. The summed E-state index contributed by atoms with van der Waals surface area (Å²) in [6.07, 6.45) is 0.935. The van der Waals surface area contributed by atoms with Crippen LogP contribution in [0, 0.1) is 0 Å². The zero-order valence-electron chi connectivity index (χ0n) is 12.5. The normalized spacial score (nSPS) is 12.1. The fourth-order valence-electron chi connectivity index (χ4n) is 1.84. The average molecular weight is 324 g/mol. The highest BCUT2D eigenvalue weighted by Gasteiger charge is 2.30. The highest BCUT2D eigenvalue weighted by atomic mass is 19.4. The molecule has 0 aliphatic carbocycles. The number of esters is 1. The molecule has 2 aromatic rings. The number of nitrogens with zero attached hydrogens (tertiary/aromatic N) is 2. The van der Waals surface area contributed by atoms with Crippen molar-refractivity contribution in [2.75, 3.05) is 0 Å². The Hall–Kier alpha value is -2.57. The lowest BCUT2D eigenvalue weighted by Crippen LogP contribution is -2.08. The van der Waals surface area contributed by atoms with E-state index in [1.54, 1.807) is 19.9 Å². The van der Waals surface area contributed by atoms with Gasteiger partial charge in [0.25, 0.3) is 0 Å². The number of imidazole rings is 1. The van der Waals surface area contributed by atoms with E-state index in [-0.39, 0.29) is 6.10 Å². The summed E-state index contributed by atoms with van der Waals surface area (Å²) in [7, 11) is 0. The van der Waals surface area contributed by atoms with E-state index in [1.165, 1.54) is 35.4 Å². The minimum Gasteiger partial charge on any atom is -0.460 e. The van der Waals surface area contributed by atoms with Crippen molar-refractivity contribution in [3.8, 4) is 11.3 Å². The number of carbonyl (C=O) groups is 1. The van der Waals surface area contributed by atoms with Crippen molar-refractivity contribution >= 4 is 12.2 Å². The molecule has 1 aromatic carbocycles. The van der Waals surface area contributed by atoms with Gasteiger partial charge in [-0.15, -0.1) is 0 Å². The number of hydrogen-bond donors (Lipinski definition) is 0. The number of halogens is 3. The number of hydrogen-bond acceptors (Lipinski definition) is 3. The molecule has 0 aliphatic rings. The van der Waals surface area contributed by atoms with Gasteiger partial charge in [0.1, 0.15) is 0 Å². The van der Waals surface area contributed by atoms with E-state index >= 15 is 0 Å². The molecule has 0 aliphatic heterocycles. The van der Waals surface area contributed by atoms with Crippen molar-refractivity contribution < 1.29 is 22.7 Å². The van der Waals surface area contributed by atoms with Crippen LogP contribution in [-0.4, -0.2) is 21.6 Å². The predicted molar refractivity (Wildman–Crippen MR) is 79.2 cm³/mol. The van der Waals surface area contributed by atoms with Gasteiger partial charge in [-0.25, -0.2) is 9.78 Å². The van der Waals surface area contributed by atoms with E-state index < -0.39 is 17.7 Å². The third-order valence-corrected chi connectivity index (χ3v) is 2.82. The SMILES string of the molecule is CC(C)OC(=O)/C=C\n1cnc(-c2cccc(C(F)(F)F)c2)c1. The summed E-state index contributed by atoms with van der Waals surface area (Å²) in [6, 6.07) is 4.90. The number of rotatable bonds is 4. The summed E-state index contributed by atoms with van der Waals surface area (Å²) in [6.45, 7) is 3.46. The van der Waals surface area contributed by atoms with Crippen LogP contribution in [0.2, 0.25) is 0 Å². The van der Waals surface area contributed by atoms with Crippen molar-refractivity contribution in [2.24, 2.45) is 0 Å². The molecule has 23 heavy (non-hydrogen) atoms. The Morgan fingerprint density at radius 3 is 2.74 bits per heavy atom. The first kappa shape index (κ1) is 16.8. The zero-order chi connectivity index (χ0) is 17.0. The van der Waals surface area contributed by atoms with Gasteiger partial charge < -0.3 is 9.30 Å². The quantitative estimate of drug-likeness (QED) is 0.631. The molecule has 0 radical (unpaired) electrons. The van der Waals surface area contributed by atoms with Gasteiger partial charge in [-0.1, -0.05) is 12.1 Å². The molecule has 0 saturated carbocycles. The van der Waals surface area contributed by atoms with Crippen LogP contribution in [-0.2, 0) is 15.7 Å². The van der Waals surface area contributed by atoms with Gasteiger partial charge in [0.2, 0.25) is 0 Å². The zero-order valence-corrected chi connectivity index (χ0v) is 12.5. The molecule has 4 nitrogen and oxygen atoms in total. The highest BCUT2D eigenvalue weighted by molar-refractivity contribution is 5.85. The van der Waals surface area contributed by atoms with Crippen LogP contribution >= 0.6 is 0 Å². The van der Waals surface area contributed by atoms with Crippen molar-refractivity contribution in [3.05, 3.63) is 48.4 Å². The van der Waals surface area contributed by atoms with Gasteiger partial charge in [-0.2, -0.15) is 13.2 Å². The molecule has 1 aromatic heterocycles. The van der Waals surface area contributed by atoms with Gasteiger partial charge in [-0.05, 0) is 26.0 Å². The molecule has 0 unspecified atom stereocenters. The second kappa shape index (κ2) is 6.68. The topological polar surface area (TPSA) is 44.1 Å². The minimum absolute atomic E-state index is 0.226. The minimum atomic E-state index is -4.40. The monoisotopic (exact) mass is 324 g/mol. The smallest absolute Gasteiger partial charge is 0.416 e. The molecule has 2 rings (SSSR count). The van der Waals surface area contributed by atoms with Crippen molar-refractivity contribution in [1.82, 2.24) is 9.55 Å². The lowest BCUT2D eigenvalue weighted by atomic mass is 10.1. The van der Waals surface area contributed by atoms with E-state index in [9.17, 15) is 18.0 Å². The van der Waals surface area contributed by atoms with Gasteiger partial charge in [0.05, 0.1) is 23.7 Å².